The summed E-state index contributed by atoms with van der Waals surface area (Å²) in [4.78, 5) is 15.4. The molecule has 0 radical (unpaired) electrons. The summed E-state index contributed by atoms with van der Waals surface area (Å²) in [6, 6.07) is 11.0. The van der Waals surface area contributed by atoms with Crippen LogP contribution < -0.4 is 4.74 Å². The van der Waals surface area contributed by atoms with Gasteiger partial charge in [-0.25, -0.2) is 9.78 Å². The van der Waals surface area contributed by atoms with Crippen LogP contribution in [0, 0.1) is 0 Å². The Morgan fingerprint density at radius 1 is 1.30 bits per heavy atom. The van der Waals surface area contributed by atoms with Gasteiger partial charge in [0.15, 0.2) is 0 Å². The number of methoxy groups -OCH3 is 1. The normalized spacial score (nSPS) is 10.7. The van der Waals surface area contributed by atoms with Crippen LogP contribution in [0.5, 0.6) is 5.88 Å². The van der Waals surface area contributed by atoms with E-state index in [-0.39, 0.29) is 5.56 Å². The highest BCUT2D eigenvalue weighted by atomic mass is 16.5. The Labute approximate surface area is 115 Å². The van der Waals surface area contributed by atoms with Gasteiger partial charge >= 0.3 is 5.97 Å². The Balaban J connectivity index is 2.28. The Kier molecular flexibility index (Phi) is 2.87. The van der Waals surface area contributed by atoms with E-state index in [4.69, 9.17) is 4.74 Å². The SMILES string of the molecule is COc1cc(-n2cc(C(=O)O)c3ccccc32)ccn1. The van der Waals surface area contributed by atoms with Crippen LogP contribution >= 0.6 is 0 Å². The summed E-state index contributed by atoms with van der Waals surface area (Å²) in [6.45, 7) is 0. The topological polar surface area (TPSA) is 64.3 Å². The molecule has 0 saturated carbocycles. The number of fused-ring (bicyclic) bond motifs is 1. The second-order valence-electron chi connectivity index (χ2n) is 4.29. The van der Waals surface area contributed by atoms with Crippen LogP contribution in [0.2, 0.25) is 0 Å². The van der Waals surface area contributed by atoms with Crippen molar-refractivity contribution in [3.63, 3.8) is 0 Å². The van der Waals surface area contributed by atoms with E-state index in [9.17, 15) is 9.90 Å². The lowest BCUT2D eigenvalue weighted by atomic mass is 10.2. The summed E-state index contributed by atoms with van der Waals surface area (Å²) in [5.41, 5.74) is 1.91. The fraction of sp³-hybridized carbons (Fsp3) is 0.0667. The number of aromatic carboxylic acids is 1. The van der Waals surface area contributed by atoms with Gasteiger partial charge in [-0.1, -0.05) is 18.2 Å². The van der Waals surface area contributed by atoms with E-state index < -0.39 is 5.97 Å². The minimum absolute atomic E-state index is 0.274. The van der Waals surface area contributed by atoms with Gasteiger partial charge in [-0.3, -0.25) is 0 Å². The summed E-state index contributed by atoms with van der Waals surface area (Å²) in [5.74, 6) is -0.460. The van der Waals surface area contributed by atoms with Crippen molar-refractivity contribution in [1.82, 2.24) is 9.55 Å². The van der Waals surface area contributed by atoms with E-state index in [0.29, 0.717) is 11.3 Å². The van der Waals surface area contributed by atoms with E-state index in [1.165, 1.54) is 0 Å². The molecule has 0 bridgehead atoms. The van der Waals surface area contributed by atoms with Gasteiger partial charge in [0.05, 0.1) is 23.9 Å². The maximum atomic E-state index is 11.3. The molecule has 5 nitrogen and oxygen atoms in total. The van der Waals surface area contributed by atoms with Crippen molar-refractivity contribution in [2.75, 3.05) is 7.11 Å². The number of carbonyl (C=O) groups is 1. The molecule has 0 atom stereocenters. The number of hydrogen-bond acceptors (Lipinski definition) is 3. The molecule has 3 rings (SSSR count). The molecule has 0 aliphatic heterocycles. The molecule has 2 heterocycles. The van der Waals surface area contributed by atoms with E-state index in [1.807, 2.05) is 22.8 Å². The third-order valence-corrected chi connectivity index (χ3v) is 3.15. The Bertz CT molecular complexity index is 793. The number of para-hydroxylation sites is 1. The molecule has 0 spiro atoms. The number of carboxylic acid groups (broad SMARTS) is 1. The van der Waals surface area contributed by atoms with Gasteiger partial charge in [-0.2, -0.15) is 0 Å². The van der Waals surface area contributed by atoms with Crippen molar-refractivity contribution in [2.24, 2.45) is 0 Å². The van der Waals surface area contributed by atoms with E-state index >= 15 is 0 Å². The maximum Gasteiger partial charge on any atom is 0.337 e. The van der Waals surface area contributed by atoms with Gasteiger partial charge in [-0.05, 0) is 12.1 Å². The van der Waals surface area contributed by atoms with Crippen LogP contribution in [0.15, 0.2) is 48.8 Å². The van der Waals surface area contributed by atoms with Crippen molar-refractivity contribution in [3.05, 3.63) is 54.4 Å². The molecule has 0 aliphatic carbocycles. The number of rotatable bonds is 3. The molecule has 0 saturated heterocycles. The molecule has 1 aromatic carbocycles. The first-order valence-corrected chi connectivity index (χ1v) is 6.04. The summed E-state index contributed by atoms with van der Waals surface area (Å²) in [6.07, 6.45) is 3.24. The van der Waals surface area contributed by atoms with Gasteiger partial charge in [0.25, 0.3) is 0 Å². The third-order valence-electron chi connectivity index (χ3n) is 3.15. The number of pyridine rings is 1. The zero-order valence-corrected chi connectivity index (χ0v) is 10.8. The van der Waals surface area contributed by atoms with Crippen LogP contribution in [0.1, 0.15) is 10.4 Å². The summed E-state index contributed by atoms with van der Waals surface area (Å²) < 4.78 is 6.92. The average molecular weight is 268 g/mol. The van der Waals surface area contributed by atoms with Crippen molar-refractivity contribution in [2.45, 2.75) is 0 Å². The van der Waals surface area contributed by atoms with Crippen LogP contribution in [-0.2, 0) is 0 Å². The number of benzene rings is 1. The highest BCUT2D eigenvalue weighted by Gasteiger charge is 2.14. The summed E-state index contributed by atoms with van der Waals surface area (Å²) >= 11 is 0. The second kappa shape index (κ2) is 4.70. The quantitative estimate of drug-likeness (QED) is 0.793. The van der Waals surface area contributed by atoms with Crippen molar-refractivity contribution >= 4 is 16.9 Å². The van der Waals surface area contributed by atoms with Crippen LogP contribution in [0.4, 0.5) is 0 Å². The molecule has 0 unspecified atom stereocenters. The summed E-state index contributed by atoms with van der Waals surface area (Å²) in [5, 5.41) is 10.00. The molecule has 0 fully saturated rings. The van der Waals surface area contributed by atoms with E-state index in [0.717, 1.165) is 11.2 Å². The highest BCUT2D eigenvalue weighted by molar-refractivity contribution is 6.04. The molecule has 5 heteroatoms. The molecular formula is C15H12N2O3. The average Bonchev–Trinajstić information content (AvgIpc) is 2.87. The minimum Gasteiger partial charge on any atom is -0.481 e. The summed E-state index contributed by atoms with van der Waals surface area (Å²) in [7, 11) is 1.54. The number of ether oxygens (including phenoxy) is 1. The highest BCUT2D eigenvalue weighted by Crippen LogP contribution is 2.25. The van der Waals surface area contributed by atoms with Crippen molar-refractivity contribution < 1.29 is 14.6 Å². The van der Waals surface area contributed by atoms with Crippen LogP contribution in [0.25, 0.3) is 16.6 Å². The van der Waals surface area contributed by atoms with E-state index in [1.54, 1.807) is 37.7 Å². The van der Waals surface area contributed by atoms with Gasteiger partial charge in [0.1, 0.15) is 0 Å². The largest absolute Gasteiger partial charge is 0.481 e. The first-order valence-electron chi connectivity index (χ1n) is 6.04. The maximum absolute atomic E-state index is 11.3. The number of hydrogen-bond donors (Lipinski definition) is 1. The smallest absolute Gasteiger partial charge is 0.337 e. The van der Waals surface area contributed by atoms with Crippen molar-refractivity contribution in [3.8, 4) is 11.6 Å². The third kappa shape index (κ3) is 1.89. The van der Waals surface area contributed by atoms with Gasteiger partial charge < -0.3 is 14.4 Å². The minimum atomic E-state index is -0.944. The zero-order valence-electron chi connectivity index (χ0n) is 10.8. The fourth-order valence-electron chi connectivity index (χ4n) is 2.22. The van der Waals surface area contributed by atoms with E-state index in [2.05, 4.69) is 4.98 Å². The Hall–Kier alpha value is -2.82. The lowest BCUT2D eigenvalue weighted by Gasteiger charge is -2.06. The van der Waals surface area contributed by atoms with Crippen LogP contribution in [-0.4, -0.2) is 27.7 Å². The molecule has 20 heavy (non-hydrogen) atoms. The molecule has 1 N–H and O–H groups in total. The van der Waals surface area contributed by atoms with Crippen molar-refractivity contribution in [1.29, 1.82) is 0 Å². The number of carboxylic acids is 1. The molecule has 0 aliphatic rings. The molecular weight excluding hydrogens is 256 g/mol. The lowest BCUT2D eigenvalue weighted by Crippen LogP contribution is -1.96. The monoisotopic (exact) mass is 268 g/mol. The lowest BCUT2D eigenvalue weighted by molar-refractivity contribution is 0.0699. The molecule has 3 aromatic rings. The zero-order chi connectivity index (χ0) is 14.1. The first kappa shape index (κ1) is 12.2. The predicted octanol–water partition coefficient (Wildman–Crippen LogP) is 2.73. The Morgan fingerprint density at radius 3 is 2.85 bits per heavy atom. The number of aromatic nitrogens is 2. The first-order chi connectivity index (χ1) is 9.70. The molecule has 2 aromatic heterocycles. The fourth-order valence-corrected chi connectivity index (χ4v) is 2.22. The molecule has 100 valence electrons. The molecule has 0 amide bonds. The second-order valence-corrected chi connectivity index (χ2v) is 4.29. The predicted molar refractivity (Wildman–Crippen MR) is 74.6 cm³/mol. The standard InChI is InChI=1S/C15H12N2O3/c1-20-14-8-10(6-7-16-14)17-9-12(15(18)19)11-4-2-3-5-13(11)17/h2-9H,1H3,(H,18,19). The van der Waals surface area contributed by atoms with Crippen LogP contribution in [0.3, 0.4) is 0 Å². The van der Waals surface area contributed by atoms with Gasteiger partial charge in [0, 0.05) is 23.8 Å². The number of nitrogens with zero attached hydrogens (tertiary/aromatic N) is 2. The Morgan fingerprint density at radius 2 is 2.10 bits per heavy atom. The van der Waals surface area contributed by atoms with Gasteiger partial charge in [0.2, 0.25) is 5.88 Å². The van der Waals surface area contributed by atoms with Gasteiger partial charge in [-0.15, -0.1) is 0 Å².